The molecule has 1 fully saturated rings. The first-order valence-corrected chi connectivity index (χ1v) is 10.1. The zero-order valence-corrected chi connectivity index (χ0v) is 16.1. The zero-order valence-electron chi connectivity index (χ0n) is 15.2. The third-order valence-corrected chi connectivity index (χ3v) is 5.86. The van der Waals surface area contributed by atoms with Crippen LogP contribution in [0.5, 0.6) is 0 Å². The quantitative estimate of drug-likeness (QED) is 0.633. The number of hydrogen-bond donors (Lipinski definition) is 1. The standard InChI is InChI=1S/C21H22FN3OS/c1-25(21(26)20-18(9-11-27-20)14-7-8-14)10-3-6-17-13-19(24-23-17)15-4-2-5-16(22)12-15/h2,4-5,9,11-14H,3,6-8,10H2,1H3,(H,23,24). The fraction of sp³-hybridized carbons (Fsp3) is 0.333. The first-order valence-electron chi connectivity index (χ1n) is 9.25. The van der Waals surface area contributed by atoms with E-state index in [1.807, 2.05) is 29.5 Å². The van der Waals surface area contributed by atoms with Gasteiger partial charge in [0.2, 0.25) is 0 Å². The van der Waals surface area contributed by atoms with Crippen LogP contribution in [-0.4, -0.2) is 34.6 Å². The van der Waals surface area contributed by atoms with Crippen molar-refractivity contribution in [2.45, 2.75) is 31.6 Å². The lowest BCUT2D eigenvalue weighted by Gasteiger charge is -2.17. The van der Waals surface area contributed by atoms with Gasteiger partial charge in [-0.15, -0.1) is 11.3 Å². The van der Waals surface area contributed by atoms with Gasteiger partial charge in [0.15, 0.2) is 0 Å². The lowest BCUT2D eigenvalue weighted by atomic mass is 10.1. The predicted molar refractivity (Wildman–Crippen MR) is 106 cm³/mol. The molecule has 2 heterocycles. The van der Waals surface area contributed by atoms with Gasteiger partial charge in [-0.2, -0.15) is 5.10 Å². The summed E-state index contributed by atoms with van der Waals surface area (Å²) in [6, 6.07) is 10.5. The number of rotatable bonds is 7. The molecule has 4 nitrogen and oxygen atoms in total. The summed E-state index contributed by atoms with van der Waals surface area (Å²) in [5.41, 5.74) is 3.71. The van der Waals surface area contributed by atoms with Gasteiger partial charge in [-0.1, -0.05) is 12.1 Å². The molecule has 3 aromatic rings. The molecule has 140 valence electrons. The highest BCUT2D eigenvalue weighted by molar-refractivity contribution is 7.12. The minimum Gasteiger partial charge on any atom is -0.341 e. The van der Waals surface area contributed by atoms with Crippen LogP contribution in [0.3, 0.4) is 0 Å². The van der Waals surface area contributed by atoms with Crippen LogP contribution >= 0.6 is 11.3 Å². The largest absolute Gasteiger partial charge is 0.341 e. The van der Waals surface area contributed by atoms with E-state index in [4.69, 9.17) is 0 Å². The molecular weight excluding hydrogens is 361 g/mol. The van der Waals surface area contributed by atoms with Gasteiger partial charge in [0.05, 0.1) is 10.6 Å². The van der Waals surface area contributed by atoms with E-state index < -0.39 is 0 Å². The predicted octanol–water partition coefficient (Wildman–Crippen LogP) is 4.86. The van der Waals surface area contributed by atoms with E-state index in [2.05, 4.69) is 16.3 Å². The summed E-state index contributed by atoms with van der Waals surface area (Å²) < 4.78 is 13.4. The molecular formula is C21H22FN3OS. The second-order valence-electron chi connectivity index (χ2n) is 7.10. The van der Waals surface area contributed by atoms with Gasteiger partial charge in [0.1, 0.15) is 5.82 Å². The van der Waals surface area contributed by atoms with Crippen molar-refractivity contribution in [3.8, 4) is 11.3 Å². The molecule has 0 aliphatic heterocycles. The molecule has 1 amide bonds. The van der Waals surface area contributed by atoms with Crippen LogP contribution in [0.25, 0.3) is 11.3 Å². The average Bonchev–Trinajstić information content (AvgIpc) is 3.20. The molecule has 0 radical (unpaired) electrons. The van der Waals surface area contributed by atoms with E-state index in [1.165, 1.54) is 30.5 Å². The fourth-order valence-electron chi connectivity index (χ4n) is 3.28. The number of aromatic nitrogens is 2. The Morgan fingerprint density at radius 2 is 2.19 bits per heavy atom. The van der Waals surface area contributed by atoms with Gasteiger partial charge in [-0.05, 0) is 66.8 Å². The maximum absolute atomic E-state index is 13.4. The van der Waals surface area contributed by atoms with Crippen molar-refractivity contribution in [2.24, 2.45) is 0 Å². The molecule has 0 atom stereocenters. The van der Waals surface area contributed by atoms with Crippen molar-refractivity contribution >= 4 is 17.2 Å². The number of halogens is 1. The van der Waals surface area contributed by atoms with E-state index in [0.29, 0.717) is 12.5 Å². The van der Waals surface area contributed by atoms with Gasteiger partial charge >= 0.3 is 0 Å². The minimum absolute atomic E-state index is 0.122. The number of nitrogens with zero attached hydrogens (tertiary/aromatic N) is 2. The van der Waals surface area contributed by atoms with Gasteiger partial charge in [-0.3, -0.25) is 9.89 Å². The van der Waals surface area contributed by atoms with E-state index in [1.54, 1.807) is 17.4 Å². The van der Waals surface area contributed by atoms with Crippen molar-refractivity contribution in [1.29, 1.82) is 0 Å². The number of aromatic amines is 1. The second kappa shape index (κ2) is 7.64. The molecule has 1 N–H and O–H groups in total. The van der Waals surface area contributed by atoms with Gasteiger partial charge in [0.25, 0.3) is 5.91 Å². The molecule has 0 saturated heterocycles. The molecule has 1 aliphatic rings. The van der Waals surface area contributed by atoms with E-state index in [0.717, 1.165) is 34.7 Å². The fourth-order valence-corrected chi connectivity index (χ4v) is 4.25. The normalized spacial score (nSPS) is 13.7. The number of nitrogens with one attached hydrogen (secondary N) is 1. The van der Waals surface area contributed by atoms with E-state index in [-0.39, 0.29) is 11.7 Å². The van der Waals surface area contributed by atoms with Crippen LogP contribution in [0.15, 0.2) is 41.8 Å². The monoisotopic (exact) mass is 383 g/mol. The average molecular weight is 383 g/mol. The Morgan fingerprint density at radius 1 is 1.33 bits per heavy atom. The lowest BCUT2D eigenvalue weighted by Crippen LogP contribution is -2.28. The molecule has 6 heteroatoms. The third kappa shape index (κ3) is 4.11. The van der Waals surface area contributed by atoms with Crippen LogP contribution < -0.4 is 0 Å². The summed E-state index contributed by atoms with van der Waals surface area (Å²) in [7, 11) is 1.86. The topological polar surface area (TPSA) is 49.0 Å². The van der Waals surface area contributed by atoms with Gasteiger partial charge in [0, 0.05) is 24.8 Å². The summed E-state index contributed by atoms with van der Waals surface area (Å²) >= 11 is 1.55. The zero-order chi connectivity index (χ0) is 18.8. The maximum atomic E-state index is 13.4. The van der Waals surface area contributed by atoms with Gasteiger partial charge in [-0.25, -0.2) is 4.39 Å². The number of hydrogen-bond acceptors (Lipinski definition) is 3. The number of thiophene rings is 1. The van der Waals surface area contributed by atoms with Crippen molar-refractivity contribution in [3.63, 3.8) is 0 Å². The lowest BCUT2D eigenvalue weighted by molar-refractivity contribution is 0.0797. The second-order valence-corrected chi connectivity index (χ2v) is 8.01. The molecule has 0 unspecified atom stereocenters. The number of carbonyl (C=O) groups excluding carboxylic acids is 1. The number of amides is 1. The van der Waals surface area contributed by atoms with Crippen LogP contribution in [-0.2, 0) is 6.42 Å². The summed E-state index contributed by atoms with van der Waals surface area (Å²) in [6.45, 7) is 0.690. The first-order chi connectivity index (χ1) is 13.1. The van der Waals surface area contributed by atoms with Crippen molar-refractivity contribution in [3.05, 3.63) is 63.7 Å². The Bertz CT molecular complexity index is 944. The van der Waals surface area contributed by atoms with Gasteiger partial charge < -0.3 is 4.90 Å². The number of benzene rings is 1. The van der Waals surface area contributed by atoms with Crippen molar-refractivity contribution in [2.75, 3.05) is 13.6 Å². The molecule has 1 aromatic carbocycles. The molecule has 4 rings (SSSR count). The number of aryl methyl sites for hydroxylation is 1. The van der Waals surface area contributed by atoms with Crippen molar-refractivity contribution in [1.82, 2.24) is 15.1 Å². The van der Waals surface area contributed by atoms with Crippen LogP contribution in [0, 0.1) is 5.82 Å². The van der Waals surface area contributed by atoms with E-state index >= 15 is 0 Å². The molecule has 1 saturated carbocycles. The highest BCUT2D eigenvalue weighted by atomic mass is 32.1. The SMILES string of the molecule is CN(CCCc1cc(-c2cccc(F)c2)n[nH]1)C(=O)c1sccc1C1CC1. The Balaban J connectivity index is 1.32. The summed E-state index contributed by atoms with van der Waals surface area (Å²) in [5, 5.41) is 9.30. The number of H-pyrrole nitrogens is 1. The summed E-state index contributed by atoms with van der Waals surface area (Å²) in [4.78, 5) is 15.4. The smallest absolute Gasteiger partial charge is 0.263 e. The summed E-state index contributed by atoms with van der Waals surface area (Å²) in [5.74, 6) is 0.447. The van der Waals surface area contributed by atoms with Crippen LogP contribution in [0.4, 0.5) is 4.39 Å². The maximum Gasteiger partial charge on any atom is 0.263 e. The molecule has 0 spiro atoms. The Labute approximate surface area is 162 Å². The summed E-state index contributed by atoms with van der Waals surface area (Å²) in [6.07, 6.45) is 4.04. The molecule has 2 aromatic heterocycles. The third-order valence-electron chi connectivity index (χ3n) is 4.94. The molecule has 0 bridgehead atoms. The Morgan fingerprint density at radius 3 is 2.96 bits per heavy atom. The molecule has 27 heavy (non-hydrogen) atoms. The first kappa shape index (κ1) is 17.9. The highest BCUT2D eigenvalue weighted by Crippen LogP contribution is 2.43. The van der Waals surface area contributed by atoms with Crippen LogP contribution in [0.2, 0.25) is 0 Å². The Kier molecular flexibility index (Phi) is 5.07. The highest BCUT2D eigenvalue weighted by Gasteiger charge is 2.29. The Hall–Kier alpha value is -2.47. The van der Waals surface area contributed by atoms with Crippen LogP contribution in [0.1, 0.15) is 46.1 Å². The minimum atomic E-state index is -0.267. The van der Waals surface area contributed by atoms with E-state index in [9.17, 15) is 9.18 Å². The number of carbonyl (C=O) groups is 1. The van der Waals surface area contributed by atoms with Crippen molar-refractivity contribution < 1.29 is 9.18 Å². The molecule has 1 aliphatic carbocycles.